The van der Waals surface area contributed by atoms with Gasteiger partial charge in [0.15, 0.2) is 0 Å². The number of esters is 1. The molecule has 0 N–H and O–H groups in total. The minimum atomic E-state index is -0.654. The maximum atomic E-state index is 12.2. The summed E-state index contributed by atoms with van der Waals surface area (Å²) in [6, 6.07) is 0. The molecule has 1 saturated heterocycles. The Balaban J connectivity index is 2.51. The van der Waals surface area contributed by atoms with E-state index < -0.39 is 11.9 Å². The van der Waals surface area contributed by atoms with Crippen molar-refractivity contribution in [3.8, 4) is 0 Å². The number of amides is 1. The molecule has 1 aliphatic rings. The largest absolute Gasteiger partial charge is 0.468 e. The number of nitrogens with zero attached hydrogens (tertiary/aromatic N) is 2. The highest BCUT2D eigenvalue weighted by atomic mass is 16.5. The van der Waals surface area contributed by atoms with Crippen molar-refractivity contribution < 1.29 is 14.3 Å². The Bertz CT molecular complexity index is 307. The van der Waals surface area contributed by atoms with Gasteiger partial charge >= 0.3 is 5.97 Å². The molecule has 18 heavy (non-hydrogen) atoms. The molecule has 104 valence electrons. The van der Waals surface area contributed by atoms with Crippen LogP contribution < -0.4 is 0 Å². The van der Waals surface area contributed by atoms with Gasteiger partial charge in [0.05, 0.1) is 7.11 Å². The molecular formula is C13H24N2O3. The average Bonchev–Trinajstić information content (AvgIpc) is 2.75. The van der Waals surface area contributed by atoms with Gasteiger partial charge in [-0.2, -0.15) is 0 Å². The Morgan fingerprint density at radius 3 is 2.61 bits per heavy atom. The molecular weight excluding hydrogens is 232 g/mol. The first-order valence-corrected chi connectivity index (χ1v) is 6.50. The van der Waals surface area contributed by atoms with Crippen LogP contribution in [0.4, 0.5) is 0 Å². The first kappa shape index (κ1) is 15.0. The molecule has 0 saturated carbocycles. The van der Waals surface area contributed by atoms with Crippen LogP contribution in [0, 0.1) is 11.8 Å². The van der Waals surface area contributed by atoms with Crippen molar-refractivity contribution in [2.75, 3.05) is 40.8 Å². The van der Waals surface area contributed by atoms with Gasteiger partial charge < -0.3 is 14.5 Å². The normalized spacial score (nSPS) is 21.7. The van der Waals surface area contributed by atoms with Gasteiger partial charge in [-0.3, -0.25) is 9.59 Å². The zero-order valence-electron chi connectivity index (χ0n) is 11.8. The summed E-state index contributed by atoms with van der Waals surface area (Å²) in [6.45, 7) is 4.65. The van der Waals surface area contributed by atoms with Gasteiger partial charge in [-0.15, -0.1) is 0 Å². The fraction of sp³-hybridized carbons (Fsp3) is 0.846. The summed E-state index contributed by atoms with van der Waals surface area (Å²) in [6.07, 6.45) is 1.60. The summed E-state index contributed by atoms with van der Waals surface area (Å²) in [5.41, 5.74) is 0. The molecule has 0 aromatic rings. The molecule has 0 aromatic heterocycles. The minimum Gasteiger partial charge on any atom is -0.468 e. The number of carbonyl (C=O) groups is 2. The van der Waals surface area contributed by atoms with E-state index >= 15 is 0 Å². The van der Waals surface area contributed by atoms with Crippen LogP contribution in [0.25, 0.3) is 0 Å². The third kappa shape index (κ3) is 3.70. The van der Waals surface area contributed by atoms with Crippen molar-refractivity contribution in [1.82, 2.24) is 9.80 Å². The molecule has 5 heteroatoms. The molecule has 2 unspecified atom stereocenters. The smallest absolute Gasteiger partial charge is 0.318 e. The molecule has 1 fully saturated rings. The van der Waals surface area contributed by atoms with Crippen LogP contribution in [0.15, 0.2) is 0 Å². The fourth-order valence-corrected chi connectivity index (χ4v) is 2.50. The molecule has 1 heterocycles. The maximum Gasteiger partial charge on any atom is 0.318 e. The number of likely N-dealkylation sites (tertiary alicyclic amines) is 1. The van der Waals surface area contributed by atoms with E-state index in [1.165, 1.54) is 7.11 Å². The van der Waals surface area contributed by atoms with Gasteiger partial charge in [0.25, 0.3) is 0 Å². The van der Waals surface area contributed by atoms with Gasteiger partial charge in [0.1, 0.15) is 5.92 Å². The Labute approximate surface area is 109 Å². The van der Waals surface area contributed by atoms with Crippen molar-refractivity contribution in [1.29, 1.82) is 0 Å². The predicted octanol–water partition coefficient (Wildman–Crippen LogP) is 0.596. The molecule has 0 spiro atoms. The topological polar surface area (TPSA) is 49.9 Å². The van der Waals surface area contributed by atoms with Crippen molar-refractivity contribution >= 4 is 11.9 Å². The number of ether oxygens (including phenoxy) is 1. The zero-order valence-corrected chi connectivity index (χ0v) is 11.8. The second-order valence-electron chi connectivity index (χ2n) is 5.12. The highest BCUT2D eigenvalue weighted by molar-refractivity contribution is 5.97. The Morgan fingerprint density at radius 2 is 2.17 bits per heavy atom. The van der Waals surface area contributed by atoms with Crippen molar-refractivity contribution in [2.24, 2.45) is 11.8 Å². The lowest BCUT2D eigenvalue weighted by Crippen LogP contribution is -2.40. The Kier molecular flexibility index (Phi) is 5.59. The van der Waals surface area contributed by atoms with E-state index in [4.69, 9.17) is 0 Å². The Morgan fingerprint density at radius 1 is 1.50 bits per heavy atom. The molecule has 5 nitrogen and oxygen atoms in total. The van der Waals surface area contributed by atoms with Gasteiger partial charge in [-0.05, 0) is 32.4 Å². The summed E-state index contributed by atoms with van der Waals surface area (Å²) in [5.74, 6) is -0.699. The van der Waals surface area contributed by atoms with Gasteiger partial charge in [0, 0.05) is 20.1 Å². The summed E-state index contributed by atoms with van der Waals surface area (Å²) >= 11 is 0. The highest BCUT2D eigenvalue weighted by Crippen LogP contribution is 2.17. The number of hydrogen-bond donors (Lipinski definition) is 0. The molecule has 1 amide bonds. The summed E-state index contributed by atoms with van der Waals surface area (Å²) in [7, 11) is 5.18. The van der Waals surface area contributed by atoms with Crippen molar-refractivity contribution in [2.45, 2.75) is 19.8 Å². The fourth-order valence-electron chi connectivity index (χ4n) is 2.50. The summed E-state index contributed by atoms with van der Waals surface area (Å²) in [5, 5.41) is 0. The van der Waals surface area contributed by atoms with E-state index in [-0.39, 0.29) is 5.91 Å². The standard InChI is InChI=1S/C13H24N2O3/c1-5-11(13(17)18-4)12(16)15(3)9-10-6-7-14(2)8-10/h10-11H,5-9H2,1-4H3. The molecule has 0 aliphatic carbocycles. The third-order valence-electron chi connectivity index (χ3n) is 3.59. The number of carbonyl (C=O) groups excluding carboxylic acids is 2. The molecule has 0 aromatic carbocycles. The van der Waals surface area contributed by atoms with E-state index in [1.54, 1.807) is 11.9 Å². The minimum absolute atomic E-state index is 0.126. The van der Waals surface area contributed by atoms with Crippen molar-refractivity contribution in [3.05, 3.63) is 0 Å². The van der Waals surface area contributed by atoms with Crippen LogP contribution in [-0.2, 0) is 14.3 Å². The van der Waals surface area contributed by atoms with Crippen LogP contribution in [0.3, 0.4) is 0 Å². The quantitative estimate of drug-likeness (QED) is 0.534. The number of hydrogen-bond acceptors (Lipinski definition) is 4. The highest BCUT2D eigenvalue weighted by Gasteiger charge is 2.30. The van der Waals surface area contributed by atoms with E-state index in [9.17, 15) is 9.59 Å². The van der Waals surface area contributed by atoms with Crippen LogP contribution in [0.1, 0.15) is 19.8 Å². The lowest BCUT2D eigenvalue weighted by atomic mass is 10.0. The lowest BCUT2D eigenvalue weighted by molar-refractivity contribution is -0.153. The number of methoxy groups -OCH3 is 1. The monoisotopic (exact) mass is 256 g/mol. The molecule has 2 atom stereocenters. The molecule has 1 aliphatic heterocycles. The second kappa shape index (κ2) is 6.73. The van der Waals surface area contributed by atoms with E-state index in [1.807, 2.05) is 6.92 Å². The van der Waals surface area contributed by atoms with E-state index in [0.29, 0.717) is 12.3 Å². The van der Waals surface area contributed by atoms with Crippen LogP contribution in [0.2, 0.25) is 0 Å². The molecule has 1 rings (SSSR count). The first-order valence-electron chi connectivity index (χ1n) is 6.50. The second-order valence-corrected chi connectivity index (χ2v) is 5.12. The first-order chi connectivity index (χ1) is 8.49. The predicted molar refractivity (Wildman–Crippen MR) is 69.0 cm³/mol. The summed E-state index contributed by atoms with van der Waals surface area (Å²) < 4.78 is 4.67. The molecule has 0 radical (unpaired) electrons. The van der Waals surface area contributed by atoms with Gasteiger partial charge in [-0.1, -0.05) is 6.92 Å². The third-order valence-corrected chi connectivity index (χ3v) is 3.59. The van der Waals surface area contributed by atoms with E-state index in [0.717, 1.165) is 26.1 Å². The Hall–Kier alpha value is -1.10. The summed E-state index contributed by atoms with van der Waals surface area (Å²) in [4.78, 5) is 27.6. The SMILES string of the molecule is CCC(C(=O)OC)C(=O)N(C)CC1CCN(C)C1. The van der Waals surface area contributed by atoms with Gasteiger partial charge in [0.2, 0.25) is 5.91 Å². The average molecular weight is 256 g/mol. The lowest BCUT2D eigenvalue weighted by Gasteiger charge is -2.24. The van der Waals surface area contributed by atoms with Crippen LogP contribution in [-0.4, -0.2) is 62.5 Å². The zero-order chi connectivity index (χ0) is 13.7. The number of rotatable bonds is 5. The van der Waals surface area contributed by atoms with Crippen LogP contribution in [0.5, 0.6) is 0 Å². The van der Waals surface area contributed by atoms with Crippen LogP contribution >= 0.6 is 0 Å². The van der Waals surface area contributed by atoms with Crippen molar-refractivity contribution in [3.63, 3.8) is 0 Å². The van der Waals surface area contributed by atoms with E-state index in [2.05, 4.69) is 16.7 Å². The van der Waals surface area contributed by atoms with Gasteiger partial charge in [-0.25, -0.2) is 0 Å². The molecule has 0 bridgehead atoms. The maximum absolute atomic E-state index is 12.2.